The highest BCUT2D eigenvalue weighted by atomic mass is 16.4. The monoisotopic (exact) mass is 425 g/mol. The van der Waals surface area contributed by atoms with Crippen LogP contribution in [0.2, 0.25) is 0 Å². The minimum atomic E-state index is -1.28. The summed E-state index contributed by atoms with van der Waals surface area (Å²) in [4.78, 5) is 47.7. The van der Waals surface area contributed by atoms with Crippen molar-refractivity contribution in [2.45, 2.75) is 44.2 Å². The third-order valence-corrected chi connectivity index (χ3v) is 4.71. The minimum Gasteiger partial charge on any atom is -0.480 e. The van der Waals surface area contributed by atoms with E-state index in [0.717, 1.165) is 11.1 Å². The zero-order chi connectivity index (χ0) is 22.6. The highest BCUT2D eigenvalue weighted by Gasteiger charge is 2.27. The summed E-state index contributed by atoms with van der Waals surface area (Å²) in [5.74, 6) is -2.88. The number of amides is 3. The Hall–Kier alpha value is -3.68. The summed E-state index contributed by atoms with van der Waals surface area (Å²) in [6.07, 6.45) is 0.599. The topological polar surface area (TPSA) is 139 Å². The summed E-state index contributed by atoms with van der Waals surface area (Å²) < 4.78 is 0. The molecule has 8 heteroatoms. The molecule has 0 aliphatic heterocycles. The molecule has 2 atom stereocenters. The lowest BCUT2D eigenvalue weighted by molar-refractivity contribution is -0.142. The normalized spacial score (nSPS) is 12.4. The number of hydrogen-bond donors (Lipinski definition) is 4. The van der Waals surface area contributed by atoms with Gasteiger partial charge >= 0.3 is 5.97 Å². The molecule has 0 aromatic heterocycles. The molecule has 2 aromatic carbocycles. The van der Waals surface area contributed by atoms with E-state index in [0.29, 0.717) is 6.42 Å². The van der Waals surface area contributed by atoms with Gasteiger partial charge in [-0.25, -0.2) is 4.79 Å². The van der Waals surface area contributed by atoms with Gasteiger partial charge in [0.25, 0.3) is 0 Å². The number of rotatable bonds is 12. The molecule has 164 valence electrons. The largest absolute Gasteiger partial charge is 0.480 e. The maximum absolute atomic E-state index is 12.8. The predicted octanol–water partition coefficient (Wildman–Crippen LogP) is 1.18. The second-order valence-corrected chi connectivity index (χ2v) is 7.20. The number of benzene rings is 2. The van der Waals surface area contributed by atoms with Crippen LogP contribution in [0, 0.1) is 0 Å². The predicted molar refractivity (Wildman–Crippen MR) is 115 cm³/mol. The number of carbonyl (C=O) groups excluding carboxylic acids is 3. The summed E-state index contributed by atoms with van der Waals surface area (Å²) >= 11 is 0. The molecule has 8 nitrogen and oxygen atoms in total. The molecule has 0 unspecified atom stereocenters. The maximum atomic E-state index is 12.8. The average molecular weight is 425 g/mol. The molecule has 2 aromatic rings. The highest BCUT2D eigenvalue weighted by Crippen LogP contribution is 2.07. The van der Waals surface area contributed by atoms with Crippen LogP contribution in [0.5, 0.6) is 0 Å². The Balaban J connectivity index is 2.05. The van der Waals surface area contributed by atoms with Crippen molar-refractivity contribution >= 4 is 23.7 Å². The van der Waals surface area contributed by atoms with Gasteiger partial charge in [0, 0.05) is 19.3 Å². The van der Waals surface area contributed by atoms with Crippen LogP contribution in [0.15, 0.2) is 60.7 Å². The molecule has 5 N–H and O–H groups in total. The number of carboxylic acids is 1. The first kappa shape index (κ1) is 23.6. The van der Waals surface area contributed by atoms with E-state index in [1.54, 1.807) is 0 Å². The maximum Gasteiger partial charge on any atom is 0.326 e. The van der Waals surface area contributed by atoms with Gasteiger partial charge in [0.1, 0.15) is 12.1 Å². The van der Waals surface area contributed by atoms with Gasteiger partial charge < -0.3 is 21.5 Å². The van der Waals surface area contributed by atoms with Crippen molar-refractivity contribution < 1.29 is 24.3 Å². The van der Waals surface area contributed by atoms with Crippen molar-refractivity contribution in [3.05, 3.63) is 71.8 Å². The fraction of sp³-hybridized carbons (Fsp3) is 0.304. The molecular weight excluding hydrogens is 398 g/mol. The van der Waals surface area contributed by atoms with E-state index in [4.69, 9.17) is 5.73 Å². The van der Waals surface area contributed by atoms with Gasteiger partial charge in [-0.3, -0.25) is 14.4 Å². The number of carboxylic acid groups (broad SMARTS) is 1. The van der Waals surface area contributed by atoms with Crippen molar-refractivity contribution in [2.75, 3.05) is 0 Å². The number of primary amides is 1. The molecule has 2 rings (SSSR count). The van der Waals surface area contributed by atoms with E-state index >= 15 is 0 Å². The zero-order valence-corrected chi connectivity index (χ0v) is 17.1. The number of aryl methyl sites for hydroxylation is 1. The summed E-state index contributed by atoms with van der Waals surface area (Å²) in [6, 6.07) is 16.4. The molecule has 0 saturated carbocycles. The summed E-state index contributed by atoms with van der Waals surface area (Å²) in [5.41, 5.74) is 6.89. The van der Waals surface area contributed by atoms with Gasteiger partial charge in [-0.1, -0.05) is 60.7 Å². The Morgan fingerprint density at radius 3 is 1.94 bits per heavy atom. The number of nitrogens with one attached hydrogen (secondary N) is 2. The number of nitrogens with two attached hydrogens (primary N) is 1. The van der Waals surface area contributed by atoms with Crippen LogP contribution in [0.25, 0.3) is 0 Å². The molecule has 3 amide bonds. The minimum absolute atomic E-state index is 0.129. The van der Waals surface area contributed by atoms with E-state index in [1.807, 2.05) is 60.7 Å². The van der Waals surface area contributed by atoms with Gasteiger partial charge in [0.15, 0.2) is 0 Å². The second kappa shape index (κ2) is 12.1. The molecule has 31 heavy (non-hydrogen) atoms. The lowest BCUT2D eigenvalue weighted by atomic mass is 10.0. The van der Waals surface area contributed by atoms with Crippen molar-refractivity contribution in [1.82, 2.24) is 10.6 Å². The molecule has 0 heterocycles. The Labute approximate surface area is 180 Å². The molecule has 0 saturated heterocycles. The summed E-state index contributed by atoms with van der Waals surface area (Å²) in [6.45, 7) is 0. The molecule has 0 spiro atoms. The molecule has 0 bridgehead atoms. The molecule has 0 fully saturated rings. The van der Waals surface area contributed by atoms with Crippen LogP contribution < -0.4 is 16.4 Å². The first-order valence-corrected chi connectivity index (χ1v) is 10.0. The highest BCUT2D eigenvalue weighted by molar-refractivity contribution is 5.90. The quantitative estimate of drug-likeness (QED) is 0.404. The lowest BCUT2D eigenvalue weighted by Crippen LogP contribution is -2.52. The number of hydrogen-bond acceptors (Lipinski definition) is 4. The van der Waals surface area contributed by atoms with E-state index in [-0.39, 0.29) is 31.6 Å². The third kappa shape index (κ3) is 8.69. The van der Waals surface area contributed by atoms with Crippen LogP contribution >= 0.6 is 0 Å². The van der Waals surface area contributed by atoms with Crippen LogP contribution in [-0.2, 0) is 32.0 Å². The average Bonchev–Trinajstić information content (AvgIpc) is 2.75. The van der Waals surface area contributed by atoms with E-state index in [9.17, 15) is 24.3 Å². The van der Waals surface area contributed by atoms with Gasteiger partial charge in [0.05, 0.1) is 0 Å². The Bertz CT molecular complexity index is 887. The van der Waals surface area contributed by atoms with Crippen molar-refractivity contribution in [1.29, 1.82) is 0 Å². The molecular formula is C23H27N3O5. The van der Waals surface area contributed by atoms with Crippen LogP contribution in [0.3, 0.4) is 0 Å². The lowest BCUT2D eigenvalue weighted by Gasteiger charge is -2.21. The fourth-order valence-corrected chi connectivity index (χ4v) is 3.04. The first-order chi connectivity index (χ1) is 14.8. The van der Waals surface area contributed by atoms with E-state index in [2.05, 4.69) is 10.6 Å². The Kier molecular flexibility index (Phi) is 9.22. The Morgan fingerprint density at radius 1 is 0.806 bits per heavy atom. The zero-order valence-electron chi connectivity index (χ0n) is 17.1. The van der Waals surface area contributed by atoms with E-state index in [1.165, 1.54) is 0 Å². The van der Waals surface area contributed by atoms with Crippen molar-refractivity contribution in [2.24, 2.45) is 5.73 Å². The molecule has 0 radical (unpaired) electrons. The number of carbonyl (C=O) groups is 4. The van der Waals surface area contributed by atoms with Crippen LogP contribution in [0.1, 0.15) is 30.4 Å². The molecule has 0 aliphatic carbocycles. The third-order valence-electron chi connectivity index (χ3n) is 4.71. The fourth-order valence-electron chi connectivity index (χ4n) is 3.04. The standard InChI is InChI=1S/C23H27N3O5/c24-20(27)13-12-18(23(30)31)26-22(29)19(15-17-9-5-2-6-10-17)25-21(28)14-11-16-7-3-1-4-8-16/h1-10,18-19H,11-15H2,(H2,24,27)(H,25,28)(H,26,29)(H,30,31)/t18-,19-/m0/s1. The van der Waals surface area contributed by atoms with Crippen molar-refractivity contribution in [3.63, 3.8) is 0 Å². The smallest absolute Gasteiger partial charge is 0.326 e. The summed E-state index contributed by atoms with van der Waals surface area (Å²) in [5, 5.41) is 14.5. The first-order valence-electron chi connectivity index (χ1n) is 10.0. The molecule has 0 aliphatic rings. The van der Waals surface area contributed by atoms with Gasteiger partial charge in [-0.05, 0) is 24.0 Å². The Morgan fingerprint density at radius 2 is 1.39 bits per heavy atom. The van der Waals surface area contributed by atoms with Crippen LogP contribution in [-0.4, -0.2) is 40.9 Å². The second-order valence-electron chi connectivity index (χ2n) is 7.20. The van der Waals surface area contributed by atoms with Crippen LogP contribution in [0.4, 0.5) is 0 Å². The van der Waals surface area contributed by atoms with Gasteiger partial charge in [-0.2, -0.15) is 0 Å². The summed E-state index contributed by atoms with van der Waals surface area (Å²) in [7, 11) is 0. The van der Waals surface area contributed by atoms with E-state index < -0.39 is 29.9 Å². The van der Waals surface area contributed by atoms with Crippen molar-refractivity contribution in [3.8, 4) is 0 Å². The number of aliphatic carboxylic acids is 1. The van der Waals surface area contributed by atoms with Gasteiger partial charge in [-0.15, -0.1) is 0 Å². The van der Waals surface area contributed by atoms with Gasteiger partial charge in [0.2, 0.25) is 17.7 Å². The SMILES string of the molecule is NC(=O)CC[C@H](NC(=O)[C@H](Cc1ccccc1)NC(=O)CCc1ccccc1)C(=O)O.